The molecule has 10 heteroatoms. The van der Waals surface area contributed by atoms with E-state index in [9.17, 15) is 18.5 Å². The van der Waals surface area contributed by atoms with Gasteiger partial charge in [-0.05, 0) is 42.2 Å². The van der Waals surface area contributed by atoms with Gasteiger partial charge in [0.15, 0.2) is 0 Å². The van der Waals surface area contributed by atoms with E-state index >= 15 is 0 Å². The number of sulfonamides is 1. The van der Waals surface area contributed by atoms with Crippen molar-refractivity contribution >= 4 is 38.9 Å². The molecule has 1 saturated heterocycles. The third-order valence-corrected chi connectivity index (χ3v) is 7.74. The lowest BCUT2D eigenvalue weighted by atomic mass is 10.0. The summed E-state index contributed by atoms with van der Waals surface area (Å²) in [6.45, 7) is 5.20. The SMILES string of the molecule is CCc1cccc(CC)c1NC(=O)/C(C#N)=C\Nc1cc(S(=O)(=O)N2CCOCC2)ccc1Cl. The van der Waals surface area contributed by atoms with Crippen LogP contribution in [0.5, 0.6) is 0 Å². The molecule has 0 saturated carbocycles. The summed E-state index contributed by atoms with van der Waals surface area (Å²) in [7, 11) is -3.73. The van der Waals surface area contributed by atoms with E-state index in [2.05, 4.69) is 10.6 Å². The Balaban J connectivity index is 1.83. The molecule has 180 valence electrons. The summed E-state index contributed by atoms with van der Waals surface area (Å²) in [5, 5.41) is 15.5. The lowest BCUT2D eigenvalue weighted by molar-refractivity contribution is -0.112. The minimum Gasteiger partial charge on any atom is -0.379 e. The van der Waals surface area contributed by atoms with Crippen LogP contribution >= 0.6 is 11.6 Å². The van der Waals surface area contributed by atoms with Gasteiger partial charge in [0.2, 0.25) is 10.0 Å². The van der Waals surface area contributed by atoms with Crippen LogP contribution < -0.4 is 10.6 Å². The third-order valence-electron chi connectivity index (χ3n) is 5.52. The van der Waals surface area contributed by atoms with E-state index in [0.29, 0.717) is 18.9 Å². The molecule has 1 aliphatic rings. The number of nitriles is 1. The van der Waals surface area contributed by atoms with Crippen molar-refractivity contribution in [1.82, 2.24) is 4.31 Å². The van der Waals surface area contributed by atoms with Crippen molar-refractivity contribution in [2.24, 2.45) is 0 Å². The average molecular weight is 503 g/mol. The van der Waals surface area contributed by atoms with Gasteiger partial charge in [0.05, 0.1) is 28.8 Å². The molecular formula is C24H27ClN4O4S. The highest BCUT2D eigenvalue weighted by Crippen LogP contribution is 2.28. The number of carbonyl (C=O) groups excluding carboxylic acids is 1. The third kappa shape index (κ3) is 5.77. The zero-order chi connectivity index (χ0) is 24.7. The molecule has 1 amide bonds. The van der Waals surface area contributed by atoms with Gasteiger partial charge in [0, 0.05) is 25.0 Å². The van der Waals surface area contributed by atoms with Gasteiger partial charge in [-0.1, -0.05) is 43.6 Å². The number of nitrogens with zero attached hydrogens (tertiary/aromatic N) is 2. The van der Waals surface area contributed by atoms with Crippen LogP contribution in [0.1, 0.15) is 25.0 Å². The second-order valence-corrected chi connectivity index (χ2v) is 9.93. The number of amides is 1. The highest BCUT2D eigenvalue weighted by Gasteiger charge is 2.27. The molecule has 0 atom stereocenters. The van der Waals surface area contributed by atoms with E-state index in [4.69, 9.17) is 16.3 Å². The Kier molecular flexibility index (Phi) is 8.69. The maximum atomic E-state index is 12.9. The van der Waals surface area contributed by atoms with E-state index < -0.39 is 15.9 Å². The van der Waals surface area contributed by atoms with Crippen molar-refractivity contribution in [1.29, 1.82) is 5.26 Å². The summed E-state index contributed by atoms with van der Waals surface area (Å²) < 4.78 is 32.5. The summed E-state index contributed by atoms with van der Waals surface area (Å²) >= 11 is 6.24. The van der Waals surface area contributed by atoms with Crippen molar-refractivity contribution < 1.29 is 17.9 Å². The normalized spacial score (nSPS) is 14.9. The Bertz CT molecular complexity index is 1210. The van der Waals surface area contributed by atoms with Crippen molar-refractivity contribution in [3.63, 3.8) is 0 Å². The van der Waals surface area contributed by atoms with Crippen LogP contribution in [-0.2, 0) is 32.4 Å². The number of rotatable bonds is 8. The maximum Gasteiger partial charge on any atom is 0.267 e. The summed E-state index contributed by atoms with van der Waals surface area (Å²) in [5.41, 5.74) is 2.74. The Morgan fingerprint density at radius 2 is 1.82 bits per heavy atom. The van der Waals surface area contributed by atoms with Gasteiger partial charge >= 0.3 is 0 Å². The summed E-state index contributed by atoms with van der Waals surface area (Å²) in [6, 6.07) is 12.0. The molecular weight excluding hydrogens is 476 g/mol. The first-order chi connectivity index (χ1) is 16.3. The number of morpholine rings is 1. The molecule has 0 aliphatic carbocycles. The molecule has 2 aromatic rings. The van der Waals surface area contributed by atoms with Crippen LogP contribution in [0.4, 0.5) is 11.4 Å². The minimum absolute atomic E-state index is 0.0575. The smallest absolute Gasteiger partial charge is 0.267 e. The number of carbonyl (C=O) groups is 1. The topological polar surface area (TPSA) is 112 Å². The molecule has 0 unspecified atom stereocenters. The zero-order valence-electron chi connectivity index (χ0n) is 19.1. The van der Waals surface area contributed by atoms with Gasteiger partial charge in [-0.15, -0.1) is 0 Å². The molecule has 2 N–H and O–H groups in total. The first-order valence-corrected chi connectivity index (χ1v) is 12.8. The minimum atomic E-state index is -3.73. The molecule has 3 rings (SSSR count). The summed E-state index contributed by atoms with van der Waals surface area (Å²) in [5.74, 6) is -0.571. The first-order valence-electron chi connectivity index (χ1n) is 11.0. The van der Waals surface area contributed by atoms with Crippen molar-refractivity contribution in [2.45, 2.75) is 31.6 Å². The lowest BCUT2D eigenvalue weighted by Gasteiger charge is -2.26. The second kappa shape index (κ2) is 11.5. The number of benzene rings is 2. The fourth-order valence-corrected chi connectivity index (χ4v) is 5.20. The number of hydrogen-bond donors (Lipinski definition) is 2. The average Bonchev–Trinajstić information content (AvgIpc) is 2.85. The number of halogens is 1. The second-order valence-electron chi connectivity index (χ2n) is 7.58. The van der Waals surface area contributed by atoms with Gasteiger partial charge in [-0.2, -0.15) is 9.57 Å². The molecule has 1 aliphatic heterocycles. The molecule has 34 heavy (non-hydrogen) atoms. The van der Waals surface area contributed by atoms with Gasteiger partial charge < -0.3 is 15.4 Å². The Hall–Kier alpha value is -2.90. The first kappa shape index (κ1) is 25.7. The van der Waals surface area contributed by atoms with Gasteiger partial charge in [-0.25, -0.2) is 8.42 Å². The van der Waals surface area contributed by atoms with Crippen LogP contribution in [0.3, 0.4) is 0 Å². The fourth-order valence-electron chi connectivity index (χ4n) is 3.59. The molecule has 2 aromatic carbocycles. The van der Waals surface area contributed by atoms with E-state index in [1.165, 1.54) is 28.7 Å². The van der Waals surface area contributed by atoms with E-state index in [-0.39, 0.29) is 34.3 Å². The lowest BCUT2D eigenvalue weighted by Crippen LogP contribution is -2.40. The number of ether oxygens (including phenoxy) is 1. The van der Waals surface area contributed by atoms with Crippen LogP contribution in [-0.4, -0.2) is 44.9 Å². The zero-order valence-corrected chi connectivity index (χ0v) is 20.7. The van der Waals surface area contributed by atoms with E-state index in [1.54, 1.807) is 0 Å². The van der Waals surface area contributed by atoms with E-state index in [1.807, 2.05) is 38.1 Å². The van der Waals surface area contributed by atoms with Crippen molar-refractivity contribution in [3.05, 3.63) is 64.3 Å². The predicted octanol–water partition coefficient (Wildman–Crippen LogP) is 3.94. The van der Waals surface area contributed by atoms with Gasteiger partial charge in [-0.3, -0.25) is 4.79 Å². The summed E-state index contributed by atoms with van der Waals surface area (Å²) in [6.07, 6.45) is 2.68. The number of nitrogens with one attached hydrogen (secondary N) is 2. The molecule has 8 nitrogen and oxygen atoms in total. The number of hydrogen-bond acceptors (Lipinski definition) is 6. The monoisotopic (exact) mass is 502 g/mol. The van der Waals surface area contributed by atoms with Crippen LogP contribution in [0.15, 0.2) is 53.1 Å². The molecule has 1 fully saturated rings. The molecule has 0 radical (unpaired) electrons. The number of para-hydroxylation sites is 1. The highest BCUT2D eigenvalue weighted by atomic mass is 35.5. The molecule has 0 bridgehead atoms. The highest BCUT2D eigenvalue weighted by molar-refractivity contribution is 7.89. The predicted molar refractivity (Wildman–Crippen MR) is 132 cm³/mol. The van der Waals surface area contributed by atoms with E-state index in [0.717, 1.165) is 24.0 Å². The molecule has 0 aromatic heterocycles. The standard InChI is InChI=1S/C24H27ClN4O4S/c1-3-17-6-5-7-18(4-2)23(17)28-24(30)19(15-26)16-27-22-14-20(8-9-21(22)25)34(31,32)29-10-12-33-13-11-29/h5-9,14,16,27H,3-4,10-13H2,1-2H3,(H,28,30)/b19-16-. The number of aryl methyl sites for hydroxylation is 2. The van der Waals surface area contributed by atoms with Gasteiger partial charge in [0.25, 0.3) is 5.91 Å². The largest absolute Gasteiger partial charge is 0.379 e. The molecule has 0 spiro atoms. The maximum absolute atomic E-state index is 12.9. The van der Waals surface area contributed by atoms with Crippen LogP contribution in [0.2, 0.25) is 5.02 Å². The van der Waals surface area contributed by atoms with Crippen LogP contribution in [0.25, 0.3) is 0 Å². The number of anilines is 2. The van der Waals surface area contributed by atoms with Crippen LogP contribution in [0, 0.1) is 11.3 Å². The summed E-state index contributed by atoms with van der Waals surface area (Å²) in [4.78, 5) is 12.9. The Labute approximate surface area is 205 Å². The quantitative estimate of drug-likeness (QED) is 0.417. The fraction of sp³-hybridized carbons (Fsp3) is 0.333. The van der Waals surface area contributed by atoms with Crippen molar-refractivity contribution in [2.75, 3.05) is 36.9 Å². The Morgan fingerprint density at radius 3 is 2.41 bits per heavy atom. The van der Waals surface area contributed by atoms with Crippen molar-refractivity contribution in [3.8, 4) is 6.07 Å². The van der Waals surface area contributed by atoms with Gasteiger partial charge in [0.1, 0.15) is 11.6 Å². The molecule has 1 heterocycles. The Morgan fingerprint density at radius 1 is 1.18 bits per heavy atom.